The fourth-order valence-electron chi connectivity index (χ4n) is 5.96. The number of Topliss-reactive ketones (excluding diaryl/α,β-unsaturated/α-hetero) is 2. The van der Waals surface area contributed by atoms with E-state index in [2.05, 4.69) is 13.8 Å². The van der Waals surface area contributed by atoms with Gasteiger partial charge in [0.15, 0.2) is 0 Å². The molecule has 0 bridgehead atoms. The van der Waals surface area contributed by atoms with Crippen molar-refractivity contribution in [3.63, 3.8) is 0 Å². The number of rotatable bonds is 2. The number of hydrogen-bond acceptors (Lipinski definition) is 2. The van der Waals surface area contributed by atoms with Crippen molar-refractivity contribution < 1.29 is 9.59 Å². The Morgan fingerprint density at radius 2 is 1.23 bits per heavy atom. The molecule has 3 aliphatic carbocycles. The first-order valence-corrected chi connectivity index (χ1v) is 9.53. The summed E-state index contributed by atoms with van der Waals surface area (Å²) < 4.78 is 0. The summed E-state index contributed by atoms with van der Waals surface area (Å²) in [4.78, 5) is 24.6. The maximum Gasteiger partial charge on any atom is 0.140 e. The Kier molecular flexibility index (Phi) is 4.75. The normalized spacial score (nSPS) is 39.7. The van der Waals surface area contributed by atoms with E-state index in [0.717, 1.165) is 11.8 Å². The first kappa shape index (κ1) is 16.2. The van der Waals surface area contributed by atoms with Crippen molar-refractivity contribution >= 4 is 11.6 Å². The fraction of sp³-hybridized carbons (Fsp3) is 0.900. The second-order valence-electron chi connectivity index (χ2n) is 8.78. The first-order valence-electron chi connectivity index (χ1n) is 9.53. The number of hydrogen-bond donors (Lipinski definition) is 0. The van der Waals surface area contributed by atoms with E-state index in [1.807, 2.05) is 0 Å². The van der Waals surface area contributed by atoms with Gasteiger partial charge in [-0.1, -0.05) is 39.5 Å². The highest BCUT2D eigenvalue weighted by molar-refractivity contribution is 6.02. The van der Waals surface area contributed by atoms with E-state index < -0.39 is 0 Å². The van der Waals surface area contributed by atoms with Crippen LogP contribution < -0.4 is 0 Å². The molecule has 0 amide bonds. The third-order valence-corrected chi connectivity index (χ3v) is 6.95. The van der Waals surface area contributed by atoms with Crippen LogP contribution in [0.4, 0.5) is 0 Å². The maximum absolute atomic E-state index is 12.3. The van der Waals surface area contributed by atoms with Crippen LogP contribution in [-0.4, -0.2) is 11.6 Å². The molecule has 3 fully saturated rings. The number of carbonyl (C=O) groups excluding carboxylic acids is 2. The van der Waals surface area contributed by atoms with Crippen molar-refractivity contribution in [2.24, 2.45) is 29.1 Å². The lowest BCUT2D eigenvalue weighted by Crippen LogP contribution is -2.47. The minimum absolute atomic E-state index is 0.0236. The lowest BCUT2D eigenvalue weighted by Gasteiger charge is -2.52. The van der Waals surface area contributed by atoms with Crippen LogP contribution in [0.1, 0.15) is 84.5 Å². The third kappa shape index (κ3) is 3.16. The van der Waals surface area contributed by atoms with E-state index >= 15 is 0 Å². The van der Waals surface area contributed by atoms with Crippen molar-refractivity contribution in [1.82, 2.24) is 0 Å². The Hall–Kier alpha value is -0.660. The molecule has 2 nitrogen and oxygen atoms in total. The van der Waals surface area contributed by atoms with Crippen LogP contribution in [0.25, 0.3) is 0 Å². The summed E-state index contributed by atoms with van der Waals surface area (Å²) in [6, 6.07) is 0. The van der Waals surface area contributed by atoms with Crippen LogP contribution in [0.2, 0.25) is 0 Å². The highest BCUT2D eigenvalue weighted by Crippen LogP contribution is 2.56. The SMILES string of the molecule is CC1CCCC(C2(C3CCCC(C)C3)CC(=O)CC(=O)C2)C1. The zero-order valence-electron chi connectivity index (χ0n) is 14.4. The third-order valence-electron chi connectivity index (χ3n) is 6.95. The van der Waals surface area contributed by atoms with Gasteiger partial charge in [0.05, 0.1) is 6.42 Å². The Bertz CT molecular complexity index is 399. The van der Waals surface area contributed by atoms with Crippen molar-refractivity contribution in [1.29, 1.82) is 0 Å². The molecule has 4 atom stereocenters. The smallest absolute Gasteiger partial charge is 0.140 e. The van der Waals surface area contributed by atoms with E-state index in [1.54, 1.807) is 0 Å². The average molecular weight is 304 g/mol. The lowest BCUT2D eigenvalue weighted by molar-refractivity contribution is -0.141. The van der Waals surface area contributed by atoms with Gasteiger partial charge in [-0.2, -0.15) is 0 Å². The van der Waals surface area contributed by atoms with Crippen LogP contribution in [0.5, 0.6) is 0 Å². The van der Waals surface area contributed by atoms with Crippen LogP contribution in [0.15, 0.2) is 0 Å². The number of ketones is 2. The molecule has 0 aromatic carbocycles. The van der Waals surface area contributed by atoms with Gasteiger partial charge in [-0.25, -0.2) is 0 Å². The predicted molar refractivity (Wildman–Crippen MR) is 88.5 cm³/mol. The minimum Gasteiger partial charge on any atom is -0.299 e. The van der Waals surface area contributed by atoms with Crippen molar-refractivity contribution in [2.75, 3.05) is 0 Å². The van der Waals surface area contributed by atoms with Gasteiger partial charge in [-0.3, -0.25) is 9.59 Å². The van der Waals surface area contributed by atoms with Gasteiger partial charge < -0.3 is 0 Å². The largest absolute Gasteiger partial charge is 0.299 e. The lowest BCUT2D eigenvalue weighted by atomic mass is 9.52. The molecule has 22 heavy (non-hydrogen) atoms. The van der Waals surface area contributed by atoms with Gasteiger partial charge in [0.25, 0.3) is 0 Å². The van der Waals surface area contributed by atoms with E-state index in [9.17, 15) is 9.59 Å². The molecule has 0 aromatic heterocycles. The molecule has 0 saturated heterocycles. The minimum atomic E-state index is 0.0236. The van der Waals surface area contributed by atoms with E-state index in [4.69, 9.17) is 0 Å². The molecule has 3 aliphatic rings. The average Bonchev–Trinajstić information content (AvgIpc) is 2.46. The van der Waals surface area contributed by atoms with Crippen LogP contribution in [0.3, 0.4) is 0 Å². The highest BCUT2D eigenvalue weighted by Gasteiger charge is 2.51. The molecule has 0 spiro atoms. The van der Waals surface area contributed by atoms with Crippen molar-refractivity contribution in [3.05, 3.63) is 0 Å². The molecule has 124 valence electrons. The molecule has 0 radical (unpaired) electrons. The quantitative estimate of drug-likeness (QED) is 0.677. The number of carbonyl (C=O) groups is 2. The topological polar surface area (TPSA) is 34.1 Å². The predicted octanol–water partition coefficient (Wildman–Crippen LogP) is 4.95. The van der Waals surface area contributed by atoms with Gasteiger partial charge in [-0.15, -0.1) is 0 Å². The maximum atomic E-state index is 12.3. The Morgan fingerprint density at radius 1 is 0.773 bits per heavy atom. The first-order chi connectivity index (χ1) is 10.5. The summed E-state index contributed by atoms with van der Waals surface area (Å²) in [6.07, 6.45) is 11.8. The van der Waals surface area contributed by atoms with E-state index in [-0.39, 0.29) is 23.4 Å². The van der Waals surface area contributed by atoms with Crippen molar-refractivity contribution in [3.8, 4) is 0 Å². The van der Waals surface area contributed by atoms with Gasteiger partial charge >= 0.3 is 0 Å². The van der Waals surface area contributed by atoms with Gasteiger partial charge in [0, 0.05) is 12.8 Å². The molecule has 2 heteroatoms. The summed E-state index contributed by atoms with van der Waals surface area (Å²) in [5.74, 6) is 3.22. The van der Waals surface area contributed by atoms with Crippen LogP contribution in [0, 0.1) is 29.1 Å². The molecule has 3 saturated carbocycles. The molecule has 3 rings (SSSR count). The summed E-state index contributed by atoms with van der Waals surface area (Å²) in [7, 11) is 0. The van der Waals surface area contributed by atoms with Crippen molar-refractivity contribution in [2.45, 2.75) is 84.5 Å². The fourth-order valence-corrected chi connectivity index (χ4v) is 5.96. The molecule has 4 unspecified atom stereocenters. The highest BCUT2D eigenvalue weighted by atomic mass is 16.1. The standard InChI is InChI=1S/C20H32O2/c1-14-5-3-7-16(9-14)20(12-18(21)11-19(22)13-20)17-8-4-6-15(2)10-17/h14-17H,3-13H2,1-2H3. The zero-order valence-corrected chi connectivity index (χ0v) is 14.4. The summed E-state index contributed by atoms with van der Waals surface area (Å²) in [6.45, 7) is 4.71. The summed E-state index contributed by atoms with van der Waals surface area (Å²) in [5, 5.41) is 0. The Labute approximate surface area is 135 Å². The Balaban J connectivity index is 1.90. The summed E-state index contributed by atoms with van der Waals surface area (Å²) in [5.41, 5.74) is 0.0236. The van der Waals surface area contributed by atoms with Gasteiger partial charge in [-0.05, 0) is 54.8 Å². The molecular formula is C20H32O2. The molecule has 0 aliphatic heterocycles. The van der Waals surface area contributed by atoms with Crippen LogP contribution in [-0.2, 0) is 9.59 Å². The second kappa shape index (κ2) is 6.45. The summed E-state index contributed by atoms with van der Waals surface area (Å²) >= 11 is 0. The monoisotopic (exact) mass is 304 g/mol. The molecule has 0 N–H and O–H groups in total. The zero-order chi connectivity index (χ0) is 15.7. The molecular weight excluding hydrogens is 272 g/mol. The van der Waals surface area contributed by atoms with Gasteiger partial charge in [0.2, 0.25) is 0 Å². The molecule has 0 aromatic rings. The van der Waals surface area contributed by atoms with E-state index in [1.165, 1.54) is 51.4 Å². The van der Waals surface area contributed by atoms with Gasteiger partial charge in [0.1, 0.15) is 11.6 Å². The van der Waals surface area contributed by atoms with E-state index in [0.29, 0.717) is 24.7 Å². The second-order valence-corrected chi connectivity index (χ2v) is 8.78. The van der Waals surface area contributed by atoms with Crippen LogP contribution >= 0.6 is 0 Å². The molecule has 0 heterocycles. The Morgan fingerprint density at radius 3 is 1.64 bits per heavy atom.